The first-order valence-electron chi connectivity index (χ1n) is 6.22. The molecule has 1 nitrogen and oxygen atoms in total. The molecule has 5 heteroatoms. The van der Waals surface area contributed by atoms with Gasteiger partial charge in [-0.05, 0) is 42.4 Å². The van der Waals surface area contributed by atoms with E-state index in [1.54, 1.807) is 23.9 Å². The molecule has 0 aliphatic rings. The van der Waals surface area contributed by atoms with Crippen molar-refractivity contribution in [1.82, 2.24) is 5.32 Å². The molecule has 0 bridgehead atoms. The van der Waals surface area contributed by atoms with Gasteiger partial charge in [0, 0.05) is 26.4 Å². The lowest BCUT2D eigenvalue weighted by molar-refractivity contribution is 0.718. The second-order valence-electron chi connectivity index (χ2n) is 4.21. The zero-order valence-corrected chi connectivity index (χ0v) is 14.0. The van der Waals surface area contributed by atoms with E-state index in [9.17, 15) is 0 Å². The number of benzene rings is 2. The minimum Gasteiger partial charge on any atom is -0.313 e. The first-order valence-corrected chi connectivity index (χ1v) is 8.17. The maximum absolute atomic E-state index is 6.21. The van der Waals surface area contributed by atoms with Gasteiger partial charge in [0.25, 0.3) is 0 Å². The van der Waals surface area contributed by atoms with Crippen molar-refractivity contribution in [2.45, 2.75) is 23.3 Å². The highest BCUT2D eigenvalue weighted by Gasteiger charge is 2.09. The number of nitrogens with one attached hydrogen (secondary N) is 1. The second-order valence-corrected chi connectivity index (χ2v) is 6.57. The summed E-state index contributed by atoms with van der Waals surface area (Å²) in [5, 5.41) is 5.40. The van der Waals surface area contributed by atoms with E-state index < -0.39 is 0 Å². The molecule has 0 unspecified atom stereocenters. The minimum atomic E-state index is 0.673. The molecule has 0 heterocycles. The first kappa shape index (κ1) is 16.0. The van der Waals surface area contributed by atoms with E-state index in [4.69, 9.17) is 34.8 Å². The van der Waals surface area contributed by atoms with Gasteiger partial charge in [-0.25, -0.2) is 0 Å². The molecule has 0 aromatic heterocycles. The predicted molar refractivity (Wildman–Crippen MR) is 89.4 cm³/mol. The Kier molecular flexibility index (Phi) is 6.06. The molecule has 1 N–H and O–H groups in total. The molecular weight excluding hydrogens is 333 g/mol. The average Bonchev–Trinajstić information content (AvgIpc) is 2.42. The van der Waals surface area contributed by atoms with Gasteiger partial charge in [0.2, 0.25) is 0 Å². The van der Waals surface area contributed by atoms with E-state index in [0.717, 1.165) is 22.9 Å². The van der Waals surface area contributed by atoms with Gasteiger partial charge in [0.05, 0.1) is 5.02 Å². The van der Waals surface area contributed by atoms with Crippen molar-refractivity contribution in [3.05, 3.63) is 57.0 Å². The van der Waals surface area contributed by atoms with E-state index in [-0.39, 0.29) is 0 Å². The lowest BCUT2D eigenvalue weighted by Crippen LogP contribution is -2.12. The zero-order chi connectivity index (χ0) is 14.5. The molecule has 0 aliphatic carbocycles. The molecule has 0 fully saturated rings. The van der Waals surface area contributed by atoms with Crippen LogP contribution in [-0.2, 0) is 6.54 Å². The Morgan fingerprint density at radius 2 is 1.60 bits per heavy atom. The van der Waals surface area contributed by atoms with Crippen LogP contribution in [0.5, 0.6) is 0 Å². The maximum Gasteiger partial charge on any atom is 0.0546 e. The Labute approximate surface area is 138 Å². The normalized spacial score (nSPS) is 10.8. The van der Waals surface area contributed by atoms with E-state index in [1.807, 2.05) is 24.3 Å². The van der Waals surface area contributed by atoms with Crippen molar-refractivity contribution >= 4 is 46.6 Å². The van der Waals surface area contributed by atoms with Gasteiger partial charge < -0.3 is 5.32 Å². The summed E-state index contributed by atoms with van der Waals surface area (Å²) in [6.07, 6.45) is 0. The van der Waals surface area contributed by atoms with E-state index in [1.165, 1.54) is 5.56 Å². The number of hydrogen-bond donors (Lipinski definition) is 1. The Morgan fingerprint density at radius 1 is 0.950 bits per heavy atom. The van der Waals surface area contributed by atoms with Crippen LogP contribution in [0, 0.1) is 0 Å². The molecular formula is C15H14Cl3NS. The number of hydrogen-bond acceptors (Lipinski definition) is 2. The van der Waals surface area contributed by atoms with Gasteiger partial charge in [-0.15, -0.1) is 0 Å². The van der Waals surface area contributed by atoms with E-state index in [0.29, 0.717) is 15.1 Å². The van der Waals surface area contributed by atoms with Crippen LogP contribution in [0.3, 0.4) is 0 Å². The molecule has 0 atom stereocenters. The van der Waals surface area contributed by atoms with Crippen molar-refractivity contribution in [2.75, 3.05) is 6.54 Å². The molecule has 0 aliphatic heterocycles. The maximum atomic E-state index is 6.21. The second kappa shape index (κ2) is 7.58. The van der Waals surface area contributed by atoms with Gasteiger partial charge in [-0.1, -0.05) is 59.6 Å². The largest absolute Gasteiger partial charge is 0.313 e. The predicted octanol–water partition coefficient (Wildman–Crippen LogP) is 5.91. The van der Waals surface area contributed by atoms with Crippen LogP contribution < -0.4 is 5.32 Å². The monoisotopic (exact) mass is 345 g/mol. The minimum absolute atomic E-state index is 0.673. The van der Waals surface area contributed by atoms with Gasteiger partial charge in [0.15, 0.2) is 0 Å². The molecule has 0 spiro atoms. The fourth-order valence-electron chi connectivity index (χ4n) is 1.70. The molecule has 2 rings (SSSR count). The third-order valence-corrected chi connectivity index (χ3v) is 4.78. The van der Waals surface area contributed by atoms with Crippen molar-refractivity contribution in [1.29, 1.82) is 0 Å². The van der Waals surface area contributed by atoms with Crippen molar-refractivity contribution < 1.29 is 0 Å². The third kappa shape index (κ3) is 4.31. The van der Waals surface area contributed by atoms with Crippen LogP contribution in [0.2, 0.25) is 15.1 Å². The van der Waals surface area contributed by atoms with Crippen molar-refractivity contribution in [3.63, 3.8) is 0 Å². The van der Waals surface area contributed by atoms with Crippen LogP contribution >= 0.6 is 46.6 Å². The summed E-state index contributed by atoms with van der Waals surface area (Å²) >= 11 is 19.9. The molecule has 20 heavy (non-hydrogen) atoms. The fourth-order valence-corrected chi connectivity index (χ4v) is 3.46. The molecule has 0 saturated heterocycles. The lowest BCUT2D eigenvalue weighted by Gasteiger charge is -2.11. The topological polar surface area (TPSA) is 12.0 Å². The number of rotatable bonds is 5. The Morgan fingerprint density at radius 3 is 2.30 bits per heavy atom. The van der Waals surface area contributed by atoms with Crippen LogP contribution in [0.1, 0.15) is 12.5 Å². The van der Waals surface area contributed by atoms with Gasteiger partial charge >= 0.3 is 0 Å². The first-order chi connectivity index (χ1) is 9.60. The SMILES string of the molecule is CCNCc1ccc(Cl)cc1Sc1cc(Cl)ccc1Cl. The molecule has 0 saturated carbocycles. The summed E-state index contributed by atoms with van der Waals surface area (Å²) in [5.74, 6) is 0. The summed E-state index contributed by atoms with van der Waals surface area (Å²) in [5.41, 5.74) is 1.19. The van der Waals surface area contributed by atoms with Crippen molar-refractivity contribution in [3.8, 4) is 0 Å². The van der Waals surface area contributed by atoms with E-state index >= 15 is 0 Å². The zero-order valence-electron chi connectivity index (χ0n) is 10.9. The highest BCUT2D eigenvalue weighted by molar-refractivity contribution is 7.99. The fraction of sp³-hybridized carbons (Fsp3) is 0.200. The Balaban J connectivity index is 2.31. The standard InChI is InChI=1S/C15H14Cl3NS/c1-2-19-9-10-3-4-11(16)7-14(10)20-15-8-12(17)5-6-13(15)18/h3-8,19H,2,9H2,1H3. The summed E-state index contributed by atoms with van der Waals surface area (Å²) in [6.45, 7) is 3.80. The third-order valence-electron chi connectivity index (χ3n) is 2.71. The summed E-state index contributed by atoms with van der Waals surface area (Å²) in [6, 6.07) is 11.3. The van der Waals surface area contributed by atoms with Crippen LogP contribution in [0.15, 0.2) is 46.2 Å². The summed E-state index contributed by atoms with van der Waals surface area (Å²) in [7, 11) is 0. The highest BCUT2D eigenvalue weighted by Crippen LogP contribution is 2.37. The van der Waals surface area contributed by atoms with Crippen LogP contribution in [-0.4, -0.2) is 6.54 Å². The summed E-state index contributed by atoms with van der Waals surface area (Å²) < 4.78 is 0. The molecule has 2 aromatic rings. The average molecular weight is 347 g/mol. The number of halogens is 3. The van der Waals surface area contributed by atoms with Gasteiger partial charge in [-0.2, -0.15) is 0 Å². The van der Waals surface area contributed by atoms with Crippen LogP contribution in [0.4, 0.5) is 0 Å². The molecule has 0 amide bonds. The lowest BCUT2D eigenvalue weighted by atomic mass is 10.2. The van der Waals surface area contributed by atoms with Crippen LogP contribution in [0.25, 0.3) is 0 Å². The van der Waals surface area contributed by atoms with Gasteiger partial charge in [0.1, 0.15) is 0 Å². The Hall–Kier alpha value is -0.380. The quantitative estimate of drug-likeness (QED) is 0.722. The van der Waals surface area contributed by atoms with Gasteiger partial charge in [-0.3, -0.25) is 0 Å². The molecule has 2 aromatic carbocycles. The Bertz CT molecular complexity index is 602. The van der Waals surface area contributed by atoms with Crippen molar-refractivity contribution in [2.24, 2.45) is 0 Å². The van der Waals surface area contributed by atoms with E-state index in [2.05, 4.69) is 12.2 Å². The molecule has 0 radical (unpaired) electrons. The summed E-state index contributed by atoms with van der Waals surface area (Å²) in [4.78, 5) is 2.02. The smallest absolute Gasteiger partial charge is 0.0546 e. The highest BCUT2D eigenvalue weighted by atomic mass is 35.5. The molecule has 106 valence electrons.